The summed E-state index contributed by atoms with van der Waals surface area (Å²) in [6, 6.07) is 0. The summed E-state index contributed by atoms with van der Waals surface area (Å²) in [4.78, 5) is 0. The van der Waals surface area contributed by atoms with Crippen molar-refractivity contribution in [1.82, 2.24) is 0 Å². The molecule has 42 valence electrons. The normalized spacial score (nSPS) is 0. The Hall–Kier alpha value is 1.17. The average Bonchev–Trinajstić information content (AvgIpc) is 0. The Labute approximate surface area is 56.5 Å². The first-order valence-corrected chi connectivity index (χ1v) is 0. The van der Waals surface area contributed by atoms with Crippen molar-refractivity contribution in [3.05, 3.63) is 0 Å². The summed E-state index contributed by atoms with van der Waals surface area (Å²) < 4.78 is 0. The molecule has 0 aliphatic carbocycles. The molecule has 0 saturated carbocycles. The molecule has 0 bridgehead atoms. The first-order valence-electron chi connectivity index (χ1n) is 0. The van der Waals surface area contributed by atoms with Crippen LogP contribution in [0.1, 0.15) is 0 Å². The quantitative estimate of drug-likeness (QED) is 0.432. The molecule has 6 N–H and O–H groups in total. The van der Waals surface area contributed by atoms with Gasteiger partial charge in [-0.15, -0.1) is 0 Å². The maximum atomic E-state index is 0. The monoisotopic (exact) mass is 262 g/mol. The van der Waals surface area contributed by atoms with Crippen LogP contribution in [-0.2, 0) is 39.9 Å². The number of hydrogen-bond acceptors (Lipinski definition) is 0. The second-order valence-electron chi connectivity index (χ2n) is 0. The zero-order valence-electron chi connectivity index (χ0n) is 2.17. The molecule has 5 heteroatoms. The zero-order chi connectivity index (χ0) is 0. The Bertz CT molecular complexity index is 6.85. The van der Waals surface area contributed by atoms with E-state index in [1.165, 1.54) is 0 Å². The van der Waals surface area contributed by atoms with E-state index in [0.717, 1.165) is 0 Å². The first-order chi connectivity index (χ1) is 0. The van der Waals surface area contributed by atoms with Gasteiger partial charge in [-0.3, -0.25) is 0 Å². The van der Waals surface area contributed by atoms with Crippen LogP contribution in [-0.4, -0.2) is 16.4 Å². The van der Waals surface area contributed by atoms with Crippen molar-refractivity contribution in [2.24, 2.45) is 0 Å². The fourth-order valence-corrected chi connectivity index (χ4v) is 0. The molecule has 0 aliphatic rings. The summed E-state index contributed by atoms with van der Waals surface area (Å²) in [6.45, 7) is 0. The van der Waals surface area contributed by atoms with Gasteiger partial charge < -0.3 is 16.4 Å². The second kappa shape index (κ2) is 66.0. The van der Waals surface area contributed by atoms with Gasteiger partial charge in [0, 0.05) is 39.9 Å². The third-order valence-electron chi connectivity index (χ3n) is 0. The maximum absolute atomic E-state index is 0. The van der Waals surface area contributed by atoms with Gasteiger partial charge in [-0.05, 0) is 0 Å². The molecule has 0 aromatic carbocycles. The van der Waals surface area contributed by atoms with E-state index in [9.17, 15) is 0 Å². The SMILES string of the molecule is O.O.O.[Pd].[Ru]. The van der Waals surface area contributed by atoms with Crippen molar-refractivity contribution in [3.63, 3.8) is 0 Å². The summed E-state index contributed by atoms with van der Waals surface area (Å²) in [5, 5.41) is 0. The number of hydrogen-bond donors (Lipinski definition) is 0. The second-order valence-corrected chi connectivity index (χ2v) is 0. The minimum atomic E-state index is 0. The van der Waals surface area contributed by atoms with Crippen molar-refractivity contribution < 1.29 is 56.3 Å². The molecule has 0 saturated heterocycles. The molecular formula is H6O3PdRu. The van der Waals surface area contributed by atoms with E-state index in [1.54, 1.807) is 0 Å². The Morgan fingerprint density at radius 1 is 0.600 bits per heavy atom. The molecule has 3 nitrogen and oxygen atoms in total. The molecule has 0 aromatic heterocycles. The molecule has 0 unspecified atom stereocenters. The summed E-state index contributed by atoms with van der Waals surface area (Å²) in [6.07, 6.45) is 0. The van der Waals surface area contributed by atoms with Gasteiger partial charge in [0.15, 0.2) is 0 Å². The maximum Gasteiger partial charge on any atom is 0 e. The van der Waals surface area contributed by atoms with E-state index in [2.05, 4.69) is 0 Å². The summed E-state index contributed by atoms with van der Waals surface area (Å²) in [7, 11) is 0. The summed E-state index contributed by atoms with van der Waals surface area (Å²) >= 11 is 0. The molecule has 0 amide bonds. The van der Waals surface area contributed by atoms with Crippen LogP contribution in [0, 0.1) is 0 Å². The third kappa shape index (κ3) is 38.1. The molecule has 0 rings (SSSR count). The number of rotatable bonds is 0. The van der Waals surface area contributed by atoms with Crippen LogP contribution in [0.2, 0.25) is 0 Å². The first kappa shape index (κ1) is 121. The van der Waals surface area contributed by atoms with Gasteiger partial charge in [0.1, 0.15) is 0 Å². The molecule has 0 aliphatic heterocycles. The average molecular weight is 262 g/mol. The van der Waals surface area contributed by atoms with Crippen LogP contribution in [0.25, 0.3) is 0 Å². The largest absolute Gasteiger partial charge is 0.412 e. The molecule has 0 spiro atoms. The summed E-state index contributed by atoms with van der Waals surface area (Å²) in [5.74, 6) is 0. The van der Waals surface area contributed by atoms with Crippen LogP contribution in [0.3, 0.4) is 0 Å². The van der Waals surface area contributed by atoms with E-state index >= 15 is 0 Å². The fraction of sp³-hybridized carbons (Fsp3) is 0. The van der Waals surface area contributed by atoms with Crippen molar-refractivity contribution in [2.45, 2.75) is 0 Å². The van der Waals surface area contributed by atoms with Crippen LogP contribution in [0.15, 0.2) is 0 Å². The molecule has 0 heterocycles. The Kier molecular flexibility index (Phi) is 1600. The van der Waals surface area contributed by atoms with E-state index in [1.807, 2.05) is 0 Å². The topological polar surface area (TPSA) is 94.5 Å². The van der Waals surface area contributed by atoms with Crippen LogP contribution in [0.5, 0.6) is 0 Å². The predicted octanol–water partition coefficient (Wildman–Crippen LogP) is -2.48. The molecule has 0 fully saturated rings. The Morgan fingerprint density at radius 2 is 0.600 bits per heavy atom. The minimum absolute atomic E-state index is 0. The van der Waals surface area contributed by atoms with Crippen molar-refractivity contribution >= 4 is 0 Å². The van der Waals surface area contributed by atoms with Crippen molar-refractivity contribution in [1.29, 1.82) is 0 Å². The molecule has 5 heavy (non-hydrogen) atoms. The van der Waals surface area contributed by atoms with Crippen LogP contribution in [0.4, 0.5) is 0 Å². The molecular weight excluding hydrogens is 255 g/mol. The summed E-state index contributed by atoms with van der Waals surface area (Å²) in [5.41, 5.74) is 0. The van der Waals surface area contributed by atoms with E-state index in [0.29, 0.717) is 0 Å². The zero-order valence-corrected chi connectivity index (χ0v) is 5.46. The van der Waals surface area contributed by atoms with E-state index < -0.39 is 0 Å². The Morgan fingerprint density at radius 3 is 0.600 bits per heavy atom. The van der Waals surface area contributed by atoms with Gasteiger partial charge in [-0.25, -0.2) is 0 Å². The van der Waals surface area contributed by atoms with Gasteiger partial charge in [0.2, 0.25) is 0 Å². The standard InChI is InChI=1S/3H2O.Pd.Ru/h3*1H2;;. The molecule has 0 aromatic rings. The predicted molar refractivity (Wildman–Crippen MR) is 10.8 cm³/mol. The minimum Gasteiger partial charge on any atom is -0.412 e. The van der Waals surface area contributed by atoms with Crippen LogP contribution < -0.4 is 0 Å². The van der Waals surface area contributed by atoms with Gasteiger partial charge in [-0.1, -0.05) is 0 Å². The van der Waals surface area contributed by atoms with Gasteiger partial charge >= 0.3 is 0 Å². The Balaban J connectivity index is 0. The molecule has 0 radical (unpaired) electrons. The van der Waals surface area contributed by atoms with E-state index in [-0.39, 0.29) is 56.3 Å². The van der Waals surface area contributed by atoms with Gasteiger partial charge in [0.25, 0.3) is 0 Å². The molecule has 0 atom stereocenters. The van der Waals surface area contributed by atoms with Crippen molar-refractivity contribution in [2.75, 3.05) is 0 Å². The smallest absolute Gasteiger partial charge is 0 e. The van der Waals surface area contributed by atoms with E-state index in [4.69, 9.17) is 0 Å². The fourth-order valence-electron chi connectivity index (χ4n) is 0. The van der Waals surface area contributed by atoms with Crippen molar-refractivity contribution in [3.8, 4) is 0 Å². The third-order valence-corrected chi connectivity index (χ3v) is 0. The van der Waals surface area contributed by atoms with Gasteiger partial charge in [0.05, 0.1) is 0 Å². The van der Waals surface area contributed by atoms with Gasteiger partial charge in [-0.2, -0.15) is 0 Å². The van der Waals surface area contributed by atoms with Crippen LogP contribution >= 0.6 is 0 Å².